The van der Waals surface area contributed by atoms with Gasteiger partial charge in [0.15, 0.2) is 17.5 Å². The number of hydrogen-bond donors (Lipinski definition) is 0. The third-order valence-electron chi connectivity index (χ3n) is 12.4. The monoisotopic (exact) mass is 726 g/mol. The summed E-state index contributed by atoms with van der Waals surface area (Å²) in [5, 5.41) is 12.1. The van der Waals surface area contributed by atoms with Crippen molar-refractivity contribution in [3.63, 3.8) is 0 Å². The Labute approximate surface area is 327 Å². The second-order valence-electron chi connectivity index (χ2n) is 16.4. The van der Waals surface area contributed by atoms with Gasteiger partial charge in [0.05, 0.1) is 11.6 Å². The van der Waals surface area contributed by atoms with E-state index in [2.05, 4.69) is 98.8 Å². The SMILES string of the molecule is C[C@@H]1CC2C[C@H](C)CC(c3ccc(-c4ccccc4-c4ccccc4-c4nc(-c5ccc6oc7ccccc7c6c5)nc(-c5ccccc5C#N)n4)cc3)(C2)C1. The van der Waals surface area contributed by atoms with Crippen molar-refractivity contribution in [2.24, 2.45) is 17.8 Å². The van der Waals surface area contributed by atoms with Crippen LogP contribution in [0.2, 0.25) is 0 Å². The second-order valence-corrected chi connectivity index (χ2v) is 16.4. The molecule has 2 saturated carbocycles. The summed E-state index contributed by atoms with van der Waals surface area (Å²) >= 11 is 0. The van der Waals surface area contributed by atoms with E-state index in [9.17, 15) is 5.26 Å². The lowest BCUT2D eigenvalue weighted by atomic mass is 9.54. The van der Waals surface area contributed by atoms with Gasteiger partial charge in [-0.1, -0.05) is 117 Å². The smallest absolute Gasteiger partial charge is 0.165 e. The molecule has 6 aromatic carbocycles. The van der Waals surface area contributed by atoms with Crippen molar-refractivity contribution in [3.8, 4) is 62.5 Å². The van der Waals surface area contributed by atoms with Gasteiger partial charge in [0.1, 0.15) is 11.2 Å². The minimum absolute atomic E-state index is 0.290. The van der Waals surface area contributed by atoms with Gasteiger partial charge in [-0.25, -0.2) is 15.0 Å². The molecule has 2 heterocycles. The van der Waals surface area contributed by atoms with Crippen molar-refractivity contribution in [1.82, 2.24) is 15.0 Å². The third-order valence-corrected chi connectivity index (χ3v) is 12.4. The standard InChI is InChI=1S/C51H42N4O/c1-32-25-34-26-33(2)29-51(28-32,30-34)38-22-19-35(20-23-38)39-12-5-6-14-41(39)42-15-7-8-17-44(42)50-54-48(53-49(55-50)40-13-4-3-11-37(40)31-52)36-21-24-47-45(27-36)43-16-9-10-18-46(43)56-47/h3-24,27,32-34H,25-26,28-30H2,1-2H3/t32-,33+,34?,51?. The van der Waals surface area contributed by atoms with E-state index in [1.54, 1.807) is 6.07 Å². The molecule has 5 nitrogen and oxygen atoms in total. The largest absolute Gasteiger partial charge is 0.456 e. The number of furan rings is 1. The van der Waals surface area contributed by atoms with Gasteiger partial charge < -0.3 is 4.42 Å². The molecule has 0 amide bonds. The van der Waals surface area contributed by atoms with E-state index in [-0.39, 0.29) is 5.41 Å². The number of rotatable bonds is 6. The number of benzene rings is 6. The van der Waals surface area contributed by atoms with Crippen molar-refractivity contribution in [3.05, 3.63) is 151 Å². The summed E-state index contributed by atoms with van der Waals surface area (Å²) in [5.74, 6) is 3.92. The molecule has 2 bridgehead atoms. The van der Waals surface area contributed by atoms with Gasteiger partial charge in [0, 0.05) is 27.5 Å². The van der Waals surface area contributed by atoms with Crippen LogP contribution in [0.15, 0.2) is 144 Å². The lowest BCUT2D eigenvalue weighted by Gasteiger charge is -2.50. The minimum Gasteiger partial charge on any atom is -0.456 e. The number of para-hydroxylation sites is 1. The Bertz CT molecular complexity index is 2790. The summed E-state index contributed by atoms with van der Waals surface area (Å²) in [7, 11) is 0. The number of nitrogens with zero attached hydrogens (tertiary/aromatic N) is 4. The van der Waals surface area contributed by atoms with Gasteiger partial charge >= 0.3 is 0 Å². The zero-order valence-corrected chi connectivity index (χ0v) is 31.7. The summed E-state index contributed by atoms with van der Waals surface area (Å²) in [5.41, 5.74) is 10.8. The normalized spacial score (nSPS) is 20.6. The molecule has 4 atom stereocenters. The summed E-state index contributed by atoms with van der Waals surface area (Å²) in [6.45, 7) is 4.92. The first-order valence-corrected chi connectivity index (χ1v) is 19.9. The highest BCUT2D eigenvalue weighted by Crippen LogP contribution is 2.54. The highest BCUT2D eigenvalue weighted by Gasteiger charge is 2.45. The van der Waals surface area contributed by atoms with Crippen LogP contribution in [-0.4, -0.2) is 15.0 Å². The minimum atomic E-state index is 0.290. The van der Waals surface area contributed by atoms with E-state index < -0.39 is 0 Å². The van der Waals surface area contributed by atoms with E-state index >= 15 is 0 Å². The molecule has 8 aromatic rings. The molecular formula is C51H42N4O. The first-order valence-electron chi connectivity index (χ1n) is 19.9. The molecule has 0 radical (unpaired) electrons. The highest BCUT2D eigenvalue weighted by atomic mass is 16.3. The van der Waals surface area contributed by atoms with Crippen molar-refractivity contribution in [1.29, 1.82) is 5.26 Å². The molecule has 2 unspecified atom stereocenters. The first-order chi connectivity index (χ1) is 27.4. The van der Waals surface area contributed by atoms with Crippen LogP contribution in [0.1, 0.15) is 57.1 Å². The molecule has 2 aliphatic carbocycles. The molecule has 5 heteroatoms. The third kappa shape index (κ3) is 5.97. The van der Waals surface area contributed by atoms with Gasteiger partial charge in [-0.15, -0.1) is 0 Å². The van der Waals surface area contributed by atoms with Crippen LogP contribution in [-0.2, 0) is 5.41 Å². The predicted octanol–water partition coefficient (Wildman–Crippen LogP) is 13.1. The number of aromatic nitrogens is 3. The summed E-state index contributed by atoms with van der Waals surface area (Å²) in [6, 6.07) is 50.5. The van der Waals surface area contributed by atoms with Crippen LogP contribution >= 0.6 is 0 Å². The first kappa shape index (κ1) is 34.1. The molecular weight excluding hydrogens is 685 g/mol. The van der Waals surface area contributed by atoms with Crippen LogP contribution in [0.25, 0.3) is 78.4 Å². The second kappa shape index (κ2) is 13.7. The average molecular weight is 727 g/mol. The Morgan fingerprint density at radius 1 is 0.536 bits per heavy atom. The van der Waals surface area contributed by atoms with Gasteiger partial charge in [-0.05, 0) is 119 Å². The maximum atomic E-state index is 10.1. The summed E-state index contributed by atoms with van der Waals surface area (Å²) < 4.78 is 6.15. The van der Waals surface area contributed by atoms with Crippen molar-refractivity contribution in [2.45, 2.75) is 51.4 Å². The Morgan fingerprint density at radius 3 is 1.82 bits per heavy atom. The molecule has 2 aromatic heterocycles. The Kier molecular flexibility index (Phi) is 8.37. The number of fused-ring (bicyclic) bond motifs is 5. The average Bonchev–Trinajstić information content (AvgIpc) is 3.61. The van der Waals surface area contributed by atoms with E-state index in [1.165, 1.54) is 43.2 Å². The molecule has 0 saturated heterocycles. The fraction of sp³-hybridized carbons (Fsp3) is 0.216. The molecule has 0 N–H and O–H groups in total. The molecule has 0 aliphatic heterocycles. The van der Waals surface area contributed by atoms with Crippen LogP contribution < -0.4 is 0 Å². The lowest BCUT2D eigenvalue weighted by molar-refractivity contribution is 0.0780. The Balaban J connectivity index is 1.10. The van der Waals surface area contributed by atoms with Crippen LogP contribution in [0, 0.1) is 29.1 Å². The van der Waals surface area contributed by atoms with Gasteiger partial charge in [-0.2, -0.15) is 5.26 Å². The molecule has 2 fully saturated rings. The zero-order chi connectivity index (χ0) is 37.8. The number of hydrogen-bond acceptors (Lipinski definition) is 5. The fourth-order valence-electron chi connectivity index (χ4n) is 10.3. The van der Waals surface area contributed by atoms with Gasteiger partial charge in [0.25, 0.3) is 0 Å². The van der Waals surface area contributed by atoms with Crippen molar-refractivity contribution >= 4 is 21.9 Å². The molecule has 56 heavy (non-hydrogen) atoms. The van der Waals surface area contributed by atoms with Crippen molar-refractivity contribution in [2.75, 3.05) is 0 Å². The molecule has 272 valence electrons. The topological polar surface area (TPSA) is 75.6 Å². The molecule has 10 rings (SSSR count). The van der Waals surface area contributed by atoms with Crippen LogP contribution in [0.4, 0.5) is 0 Å². The maximum absolute atomic E-state index is 10.1. The van der Waals surface area contributed by atoms with E-state index in [1.807, 2.05) is 54.6 Å². The summed E-state index contributed by atoms with van der Waals surface area (Å²) in [4.78, 5) is 15.3. The molecule has 2 aliphatic rings. The molecule has 0 spiro atoms. The number of nitriles is 1. The predicted molar refractivity (Wildman–Crippen MR) is 226 cm³/mol. The van der Waals surface area contributed by atoms with E-state index in [4.69, 9.17) is 19.4 Å². The fourth-order valence-corrected chi connectivity index (χ4v) is 10.3. The quantitative estimate of drug-likeness (QED) is 0.170. The van der Waals surface area contributed by atoms with Crippen molar-refractivity contribution < 1.29 is 4.42 Å². The lowest BCUT2D eigenvalue weighted by Crippen LogP contribution is -2.42. The Morgan fingerprint density at radius 2 is 1.09 bits per heavy atom. The maximum Gasteiger partial charge on any atom is 0.165 e. The van der Waals surface area contributed by atoms with Gasteiger partial charge in [-0.3, -0.25) is 0 Å². The van der Waals surface area contributed by atoms with Crippen LogP contribution in [0.3, 0.4) is 0 Å². The van der Waals surface area contributed by atoms with Crippen LogP contribution in [0.5, 0.6) is 0 Å². The zero-order valence-electron chi connectivity index (χ0n) is 31.7. The highest BCUT2D eigenvalue weighted by molar-refractivity contribution is 6.06. The summed E-state index contributed by atoms with van der Waals surface area (Å²) in [6.07, 6.45) is 6.66. The van der Waals surface area contributed by atoms with E-state index in [0.717, 1.165) is 67.5 Å². The van der Waals surface area contributed by atoms with E-state index in [0.29, 0.717) is 28.6 Å². The Hall–Kier alpha value is -6.38. The van der Waals surface area contributed by atoms with Gasteiger partial charge in [0.2, 0.25) is 0 Å².